The van der Waals surface area contributed by atoms with Crippen LogP contribution in [0.5, 0.6) is 0 Å². The highest BCUT2D eigenvalue weighted by atomic mass is 32.2. The van der Waals surface area contributed by atoms with Crippen molar-refractivity contribution < 1.29 is 4.79 Å². The largest absolute Gasteiger partial charge is 0.315 e. The third-order valence-corrected chi connectivity index (χ3v) is 6.11. The monoisotopic (exact) mass is 443 g/mol. The Kier molecular flexibility index (Phi) is 6.66. The van der Waals surface area contributed by atoms with Crippen molar-refractivity contribution in [3.63, 3.8) is 0 Å². The van der Waals surface area contributed by atoms with Crippen molar-refractivity contribution in [1.82, 2.24) is 19.7 Å². The van der Waals surface area contributed by atoms with E-state index in [1.165, 1.54) is 17.3 Å². The Morgan fingerprint density at radius 2 is 1.75 bits per heavy atom. The smallest absolute Gasteiger partial charge is 0.237 e. The van der Waals surface area contributed by atoms with Gasteiger partial charge in [0.05, 0.1) is 11.4 Å². The number of anilines is 1. The standard InChI is InChI=1S/C25H25N5OS/c1-18(2)21-13-7-8-14-22(21)30-24(19-10-9-15-26-16-19)27-28-25(30)32-17-23(31)29(3)20-11-5-4-6-12-20/h4-16,18H,17H2,1-3H3. The van der Waals surface area contributed by atoms with Crippen LogP contribution in [-0.4, -0.2) is 38.5 Å². The first-order valence-corrected chi connectivity index (χ1v) is 11.4. The number of hydrogen-bond donors (Lipinski definition) is 0. The van der Waals surface area contributed by atoms with E-state index in [9.17, 15) is 4.79 Å². The van der Waals surface area contributed by atoms with E-state index >= 15 is 0 Å². The summed E-state index contributed by atoms with van der Waals surface area (Å²) in [6, 6.07) is 21.7. The molecule has 0 radical (unpaired) electrons. The Morgan fingerprint density at radius 3 is 2.47 bits per heavy atom. The topological polar surface area (TPSA) is 63.9 Å². The van der Waals surface area contributed by atoms with Crippen molar-refractivity contribution in [2.75, 3.05) is 17.7 Å². The Bertz CT molecular complexity index is 1190. The van der Waals surface area contributed by atoms with Gasteiger partial charge in [-0.3, -0.25) is 14.3 Å². The van der Waals surface area contributed by atoms with Crippen molar-refractivity contribution >= 4 is 23.4 Å². The van der Waals surface area contributed by atoms with Gasteiger partial charge in [0.25, 0.3) is 0 Å². The molecular formula is C25H25N5OS. The molecule has 0 atom stereocenters. The van der Waals surface area contributed by atoms with Crippen LogP contribution in [0.3, 0.4) is 0 Å². The van der Waals surface area contributed by atoms with Crippen molar-refractivity contribution in [2.24, 2.45) is 0 Å². The highest BCUT2D eigenvalue weighted by molar-refractivity contribution is 7.99. The molecule has 6 nitrogen and oxygen atoms in total. The van der Waals surface area contributed by atoms with Gasteiger partial charge in [0.2, 0.25) is 5.91 Å². The highest BCUT2D eigenvalue weighted by Gasteiger charge is 2.21. The maximum Gasteiger partial charge on any atom is 0.237 e. The number of para-hydroxylation sites is 2. The average molecular weight is 444 g/mol. The molecule has 0 bridgehead atoms. The first kappa shape index (κ1) is 21.8. The molecule has 0 aliphatic carbocycles. The summed E-state index contributed by atoms with van der Waals surface area (Å²) in [7, 11) is 1.79. The number of pyridine rings is 1. The number of amides is 1. The zero-order valence-electron chi connectivity index (χ0n) is 18.3. The SMILES string of the molecule is CC(C)c1ccccc1-n1c(SCC(=O)N(C)c2ccccc2)nnc1-c1cccnc1. The minimum atomic E-state index is -0.00387. The molecule has 1 amide bonds. The lowest BCUT2D eigenvalue weighted by molar-refractivity contribution is -0.115. The lowest BCUT2D eigenvalue weighted by Crippen LogP contribution is -2.27. The first-order valence-electron chi connectivity index (χ1n) is 10.5. The van der Waals surface area contributed by atoms with Gasteiger partial charge >= 0.3 is 0 Å². The zero-order chi connectivity index (χ0) is 22.5. The van der Waals surface area contributed by atoms with Gasteiger partial charge in [-0.2, -0.15) is 0 Å². The Morgan fingerprint density at radius 1 is 1.00 bits per heavy atom. The minimum Gasteiger partial charge on any atom is -0.315 e. The van der Waals surface area contributed by atoms with E-state index in [0.29, 0.717) is 16.9 Å². The molecule has 0 fully saturated rings. The van der Waals surface area contributed by atoms with Gasteiger partial charge in [-0.1, -0.05) is 62.0 Å². The van der Waals surface area contributed by atoms with Gasteiger partial charge in [0.1, 0.15) is 0 Å². The molecule has 0 unspecified atom stereocenters. The number of aromatic nitrogens is 4. The summed E-state index contributed by atoms with van der Waals surface area (Å²) in [6.45, 7) is 4.33. The molecule has 2 heterocycles. The van der Waals surface area contributed by atoms with E-state index in [2.05, 4.69) is 41.2 Å². The van der Waals surface area contributed by atoms with Crippen molar-refractivity contribution in [3.8, 4) is 17.1 Å². The molecular weight excluding hydrogens is 418 g/mol. The summed E-state index contributed by atoms with van der Waals surface area (Å²) in [6.07, 6.45) is 3.52. The fraction of sp³-hybridized carbons (Fsp3) is 0.200. The zero-order valence-corrected chi connectivity index (χ0v) is 19.2. The van der Waals surface area contributed by atoms with Crippen LogP contribution >= 0.6 is 11.8 Å². The molecule has 4 aromatic rings. The van der Waals surface area contributed by atoms with Crippen molar-refractivity contribution in [3.05, 3.63) is 84.7 Å². The molecule has 7 heteroatoms. The molecule has 2 aromatic carbocycles. The maximum absolute atomic E-state index is 12.9. The number of carbonyl (C=O) groups is 1. The molecule has 0 spiro atoms. The third-order valence-electron chi connectivity index (χ3n) is 5.20. The number of carbonyl (C=O) groups excluding carboxylic acids is 1. The maximum atomic E-state index is 12.9. The van der Waals surface area contributed by atoms with E-state index in [-0.39, 0.29) is 11.7 Å². The van der Waals surface area contributed by atoms with E-state index in [1.54, 1.807) is 24.3 Å². The lowest BCUT2D eigenvalue weighted by Gasteiger charge is -2.18. The van der Waals surface area contributed by atoms with Crippen LogP contribution in [-0.2, 0) is 4.79 Å². The molecule has 2 aromatic heterocycles. The van der Waals surface area contributed by atoms with E-state index in [4.69, 9.17) is 0 Å². The predicted octanol–water partition coefficient (Wildman–Crippen LogP) is 5.21. The van der Waals surface area contributed by atoms with Gasteiger partial charge in [-0.05, 0) is 41.8 Å². The average Bonchev–Trinajstić information content (AvgIpc) is 3.27. The first-order chi connectivity index (χ1) is 15.6. The van der Waals surface area contributed by atoms with Gasteiger partial charge in [-0.15, -0.1) is 10.2 Å². The number of benzene rings is 2. The van der Waals surface area contributed by atoms with Gasteiger partial charge in [0, 0.05) is 30.7 Å². The number of hydrogen-bond acceptors (Lipinski definition) is 5. The molecule has 4 rings (SSSR count). The third kappa shape index (κ3) is 4.57. The summed E-state index contributed by atoms with van der Waals surface area (Å²) >= 11 is 1.39. The lowest BCUT2D eigenvalue weighted by atomic mass is 10.0. The van der Waals surface area contributed by atoms with Crippen LogP contribution in [0, 0.1) is 0 Å². The number of nitrogens with zero attached hydrogens (tertiary/aromatic N) is 5. The van der Waals surface area contributed by atoms with Crippen molar-refractivity contribution in [1.29, 1.82) is 0 Å². The second-order valence-corrected chi connectivity index (χ2v) is 8.62. The quantitative estimate of drug-likeness (QED) is 0.367. The molecule has 0 saturated heterocycles. The molecule has 32 heavy (non-hydrogen) atoms. The van der Waals surface area contributed by atoms with E-state index in [0.717, 1.165) is 16.9 Å². The summed E-state index contributed by atoms with van der Waals surface area (Å²) < 4.78 is 2.03. The fourth-order valence-corrected chi connectivity index (χ4v) is 4.32. The fourth-order valence-electron chi connectivity index (χ4n) is 3.46. The molecule has 0 aliphatic rings. The Hall–Kier alpha value is -3.45. The number of thioether (sulfide) groups is 1. The van der Waals surface area contributed by atoms with Gasteiger partial charge in [-0.25, -0.2) is 0 Å². The second kappa shape index (κ2) is 9.78. The molecule has 0 aliphatic heterocycles. The summed E-state index contributed by atoms with van der Waals surface area (Å²) in [5.74, 6) is 1.27. The Labute approximate surface area is 192 Å². The van der Waals surface area contributed by atoms with E-state index < -0.39 is 0 Å². The molecule has 0 saturated carbocycles. The second-order valence-electron chi connectivity index (χ2n) is 7.67. The summed E-state index contributed by atoms with van der Waals surface area (Å²) in [5.41, 5.74) is 3.93. The normalized spacial score (nSPS) is 11.0. The predicted molar refractivity (Wildman–Crippen MR) is 129 cm³/mol. The number of rotatable bonds is 7. The van der Waals surface area contributed by atoms with Crippen LogP contribution < -0.4 is 4.90 Å². The van der Waals surface area contributed by atoms with Crippen LogP contribution in [0.15, 0.2) is 84.3 Å². The summed E-state index contributed by atoms with van der Waals surface area (Å²) in [4.78, 5) is 18.8. The van der Waals surface area contributed by atoms with Crippen LogP contribution in [0.25, 0.3) is 17.1 Å². The molecule has 0 N–H and O–H groups in total. The highest BCUT2D eigenvalue weighted by Crippen LogP contribution is 2.32. The van der Waals surface area contributed by atoms with Gasteiger partial charge < -0.3 is 4.90 Å². The van der Waals surface area contributed by atoms with Crippen LogP contribution in [0.1, 0.15) is 25.3 Å². The minimum absolute atomic E-state index is 0.00387. The van der Waals surface area contributed by atoms with Crippen LogP contribution in [0.2, 0.25) is 0 Å². The van der Waals surface area contributed by atoms with E-state index in [1.807, 2.05) is 59.2 Å². The molecule has 162 valence electrons. The van der Waals surface area contributed by atoms with Crippen molar-refractivity contribution in [2.45, 2.75) is 24.9 Å². The van der Waals surface area contributed by atoms with Crippen LogP contribution in [0.4, 0.5) is 5.69 Å². The summed E-state index contributed by atoms with van der Waals surface area (Å²) in [5, 5.41) is 9.60. The Balaban J connectivity index is 1.69. The van der Waals surface area contributed by atoms with Gasteiger partial charge in [0.15, 0.2) is 11.0 Å².